The number of aryl methyl sites for hydroxylation is 2. The Kier molecular flexibility index (Phi) is 4.68. The molecule has 1 spiro atoms. The number of hydrogen-bond donors (Lipinski definition) is 2. The summed E-state index contributed by atoms with van der Waals surface area (Å²) in [6.45, 7) is 3.22. The Morgan fingerprint density at radius 3 is 2.67 bits per heavy atom. The molecular formula is C20H25N5O2. The van der Waals surface area contributed by atoms with E-state index in [0.29, 0.717) is 31.8 Å². The molecule has 7 nitrogen and oxygen atoms in total. The van der Waals surface area contributed by atoms with E-state index in [2.05, 4.69) is 20.5 Å². The minimum absolute atomic E-state index is 0.0811. The molecule has 1 atom stereocenters. The predicted molar refractivity (Wildman–Crippen MR) is 99.9 cm³/mol. The molecule has 2 saturated heterocycles. The zero-order chi connectivity index (χ0) is 18.9. The molecule has 2 aromatic rings. The van der Waals surface area contributed by atoms with Crippen LogP contribution in [0.1, 0.15) is 48.8 Å². The van der Waals surface area contributed by atoms with E-state index in [0.717, 1.165) is 30.7 Å². The number of rotatable bonds is 4. The highest BCUT2D eigenvalue weighted by Gasteiger charge is 2.46. The zero-order valence-electron chi connectivity index (χ0n) is 15.6. The molecule has 2 fully saturated rings. The lowest BCUT2D eigenvalue weighted by Gasteiger charge is -2.39. The number of nitrogens with zero attached hydrogens (tertiary/aromatic N) is 3. The van der Waals surface area contributed by atoms with Crippen molar-refractivity contribution >= 4 is 11.8 Å². The maximum absolute atomic E-state index is 12.5. The van der Waals surface area contributed by atoms with Gasteiger partial charge in [-0.2, -0.15) is 5.10 Å². The Balaban J connectivity index is 1.32. The van der Waals surface area contributed by atoms with Crippen LogP contribution in [0.5, 0.6) is 0 Å². The van der Waals surface area contributed by atoms with Crippen LogP contribution in [-0.2, 0) is 16.0 Å². The van der Waals surface area contributed by atoms with Gasteiger partial charge >= 0.3 is 0 Å². The number of hydrogen-bond acceptors (Lipinski definition) is 4. The van der Waals surface area contributed by atoms with Crippen molar-refractivity contribution in [1.82, 2.24) is 25.4 Å². The average molecular weight is 367 g/mol. The first kappa shape index (κ1) is 17.7. The standard InChI is InChI=1S/C20H25N5O2/c1-14-21-17(24-23-14)7-8-18(26)25-11-9-20(10-12-25)13-16(19(27)22-20)15-5-3-2-4-6-15/h2-6,16H,7-13H2,1H3,(H,22,27)(H,21,23,24). The molecule has 0 radical (unpaired) electrons. The third kappa shape index (κ3) is 3.72. The van der Waals surface area contributed by atoms with Gasteiger partial charge in [0.05, 0.1) is 5.92 Å². The average Bonchev–Trinajstić information content (AvgIpc) is 3.24. The summed E-state index contributed by atoms with van der Waals surface area (Å²) in [5.41, 5.74) is 0.905. The fraction of sp³-hybridized carbons (Fsp3) is 0.500. The van der Waals surface area contributed by atoms with Crippen LogP contribution in [0.25, 0.3) is 0 Å². The molecule has 2 amide bonds. The topological polar surface area (TPSA) is 91.0 Å². The summed E-state index contributed by atoms with van der Waals surface area (Å²) in [6, 6.07) is 9.96. The lowest BCUT2D eigenvalue weighted by atomic mass is 9.82. The number of likely N-dealkylation sites (tertiary alicyclic amines) is 1. The van der Waals surface area contributed by atoms with Gasteiger partial charge in [-0.25, -0.2) is 4.98 Å². The molecule has 3 heterocycles. The molecule has 1 aromatic heterocycles. The maximum atomic E-state index is 12.5. The summed E-state index contributed by atoms with van der Waals surface area (Å²) in [5, 5.41) is 10.1. The van der Waals surface area contributed by atoms with Crippen molar-refractivity contribution in [3.63, 3.8) is 0 Å². The molecule has 2 N–H and O–H groups in total. The summed E-state index contributed by atoms with van der Waals surface area (Å²) in [7, 11) is 0. The Bertz CT molecular complexity index is 824. The SMILES string of the molecule is Cc1nc(CCC(=O)N2CCC3(CC2)CC(c2ccccc2)C(=O)N3)n[nH]1. The van der Waals surface area contributed by atoms with Crippen molar-refractivity contribution in [2.45, 2.75) is 50.5 Å². The second kappa shape index (κ2) is 7.13. The van der Waals surface area contributed by atoms with E-state index >= 15 is 0 Å². The highest BCUT2D eigenvalue weighted by atomic mass is 16.2. The van der Waals surface area contributed by atoms with Gasteiger partial charge in [-0.15, -0.1) is 0 Å². The number of carbonyl (C=O) groups is 2. The molecule has 0 saturated carbocycles. The predicted octanol–water partition coefficient (Wildman–Crippen LogP) is 1.71. The van der Waals surface area contributed by atoms with Crippen LogP contribution >= 0.6 is 0 Å². The second-order valence-electron chi connectivity index (χ2n) is 7.65. The van der Waals surface area contributed by atoms with Gasteiger partial charge in [0.25, 0.3) is 0 Å². The molecule has 27 heavy (non-hydrogen) atoms. The Labute approximate surface area is 158 Å². The van der Waals surface area contributed by atoms with Gasteiger partial charge in [0.2, 0.25) is 11.8 Å². The van der Waals surface area contributed by atoms with E-state index in [1.165, 1.54) is 0 Å². The van der Waals surface area contributed by atoms with Crippen LogP contribution in [0, 0.1) is 6.92 Å². The number of aromatic amines is 1. The van der Waals surface area contributed by atoms with Crippen LogP contribution in [-0.4, -0.2) is 50.5 Å². The Morgan fingerprint density at radius 1 is 1.26 bits per heavy atom. The van der Waals surface area contributed by atoms with Gasteiger partial charge < -0.3 is 10.2 Å². The van der Waals surface area contributed by atoms with Gasteiger partial charge in [-0.3, -0.25) is 14.7 Å². The molecule has 0 aliphatic carbocycles. The van der Waals surface area contributed by atoms with E-state index in [4.69, 9.17) is 0 Å². The number of piperidine rings is 1. The molecular weight excluding hydrogens is 342 g/mol. The summed E-state index contributed by atoms with van der Waals surface area (Å²) in [5.74, 6) is 1.62. The van der Waals surface area contributed by atoms with Gasteiger partial charge in [0, 0.05) is 31.5 Å². The first-order valence-corrected chi connectivity index (χ1v) is 9.57. The lowest BCUT2D eigenvalue weighted by Crippen LogP contribution is -2.52. The van der Waals surface area contributed by atoms with Gasteiger partial charge in [0.15, 0.2) is 5.82 Å². The monoisotopic (exact) mass is 367 g/mol. The number of nitrogens with one attached hydrogen (secondary N) is 2. The van der Waals surface area contributed by atoms with Crippen molar-refractivity contribution in [2.75, 3.05) is 13.1 Å². The van der Waals surface area contributed by atoms with Crippen LogP contribution in [0.15, 0.2) is 30.3 Å². The molecule has 2 aliphatic heterocycles. The van der Waals surface area contributed by atoms with Gasteiger partial charge in [-0.05, 0) is 31.7 Å². The van der Waals surface area contributed by atoms with Crippen molar-refractivity contribution < 1.29 is 9.59 Å². The van der Waals surface area contributed by atoms with E-state index in [-0.39, 0.29) is 23.3 Å². The van der Waals surface area contributed by atoms with Crippen molar-refractivity contribution in [2.24, 2.45) is 0 Å². The molecule has 142 valence electrons. The Morgan fingerprint density at radius 2 is 2.00 bits per heavy atom. The molecule has 0 bridgehead atoms. The van der Waals surface area contributed by atoms with E-state index in [1.54, 1.807) is 0 Å². The number of amides is 2. The summed E-state index contributed by atoms with van der Waals surface area (Å²) < 4.78 is 0. The first-order chi connectivity index (χ1) is 13.0. The summed E-state index contributed by atoms with van der Waals surface area (Å²) >= 11 is 0. The first-order valence-electron chi connectivity index (χ1n) is 9.57. The quantitative estimate of drug-likeness (QED) is 0.861. The normalized spacial score (nSPS) is 21.4. The van der Waals surface area contributed by atoms with Crippen LogP contribution in [0.2, 0.25) is 0 Å². The van der Waals surface area contributed by atoms with E-state index < -0.39 is 0 Å². The largest absolute Gasteiger partial charge is 0.350 e. The summed E-state index contributed by atoms with van der Waals surface area (Å²) in [6.07, 6.45) is 3.41. The van der Waals surface area contributed by atoms with Gasteiger partial charge in [-0.1, -0.05) is 30.3 Å². The van der Waals surface area contributed by atoms with Crippen molar-refractivity contribution in [3.8, 4) is 0 Å². The van der Waals surface area contributed by atoms with Crippen molar-refractivity contribution in [3.05, 3.63) is 47.5 Å². The molecule has 7 heteroatoms. The van der Waals surface area contributed by atoms with Gasteiger partial charge in [0.1, 0.15) is 5.82 Å². The van der Waals surface area contributed by atoms with Crippen LogP contribution in [0.3, 0.4) is 0 Å². The van der Waals surface area contributed by atoms with E-state index in [1.807, 2.05) is 42.2 Å². The number of carbonyl (C=O) groups excluding carboxylic acids is 2. The van der Waals surface area contributed by atoms with E-state index in [9.17, 15) is 9.59 Å². The third-order valence-electron chi connectivity index (χ3n) is 5.78. The fourth-order valence-corrected chi connectivity index (χ4v) is 4.23. The second-order valence-corrected chi connectivity index (χ2v) is 7.65. The van der Waals surface area contributed by atoms with Crippen molar-refractivity contribution in [1.29, 1.82) is 0 Å². The number of H-pyrrole nitrogens is 1. The molecule has 2 aliphatic rings. The lowest BCUT2D eigenvalue weighted by molar-refractivity contribution is -0.132. The molecule has 4 rings (SSSR count). The maximum Gasteiger partial charge on any atom is 0.228 e. The highest BCUT2D eigenvalue weighted by Crippen LogP contribution is 2.39. The highest BCUT2D eigenvalue weighted by molar-refractivity contribution is 5.87. The third-order valence-corrected chi connectivity index (χ3v) is 5.78. The number of aromatic nitrogens is 3. The van der Waals surface area contributed by atoms with Crippen LogP contribution in [0.4, 0.5) is 0 Å². The minimum atomic E-state index is -0.171. The molecule has 1 aromatic carbocycles. The molecule has 1 unspecified atom stereocenters. The minimum Gasteiger partial charge on any atom is -0.350 e. The zero-order valence-corrected chi connectivity index (χ0v) is 15.6. The van der Waals surface area contributed by atoms with Crippen LogP contribution < -0.4 is 5.32 Å². The Hall–Kier alpha value is -2.70. The smallest absolute Gasteiger partial charge is 0.228 e. The summed E-state index contributed by atoms with van der Waals surface area (Å²) in [4.78, 5) is 31.2. The number of benzene rings is 1. The fourth-order valence-electron chi connectivity index (χ4n) is 4.23.